The van der Waals surface area contributed by atoms with Crippen LogP contribution >= 0.6 is 0 Å². The molecule has 21 heavy (non-hydrogen) atoms. The zero-order valence-corrected chi connectivity index (χ0v) is 12.6. The number of methoxy groups -OCH3 is 1. The smallest absolute Gasteiger partial charge is 0.320 e. The van der Waals surface area contributed by atoms with Gasteiger partial charge in [-0.05, 0) is 31.0 Å². The predicted octanol–water partition coefficient (Wildman–Crippen LogP) is 1.79. The minimum absolute atomic E-state index is 0.0614. The molecule has 0 radical (unpaired) electrons. The summed E-state index contributed by atoms with van der Waals surface area (Å²) in [4.78, 5) is 22.9. The maximum absolute atomic E-state index is 11.9. The van der Waals surface area contributed by atoms with Crippen molar-refractivity contribution in [3.63, 3.8) is 0 Å². The van der Waals surface area contributed by atoms with Gasteiger partial charge in [-0.2, -0.15) is 0 Å². The average Bonchev–Trinajstić information content (AvgIpc) is 2.43. The van der Waals surface area contributed by atoms with E-state index in [9.17, 15) is 9.59 Å². The second kappa shape index (κ2) is 8.26. The molecule has 1 aromatic carbocycles. The average molecular weight is 294 g/mol. The lowest BCUT2D eigenvalue weighted by Gasteiger charge is -2.14. The number of rotatable bonds is 8. The van der Waals surface area contributed by atoms with Gasteiger partial charge in [0.15, 0.2) is 0 Å². The number of nitrogens with one attached hydrogen (secondary N) is 2. The molecule has 116 valence electrons. The van der Waals surface area contributed by atoms with E-state index >= 15 is 0 Å². The van der Waals surface area contributed by atoms with E-state index in [1.54, 1.807) is 12.1 Å². The van der Waals surface area contributed by atoms with Gasteiger partial charge in [0.05, 0.1) is 19.3 Å². The quantitative estimate of drug-likeness (QED) is 0.680. The van der Waals surface area contributed by atoms with Crippen LogP contribution in [0, 0.1) is 6.92 Å². The van der Waals surface area contributed by atoms with Gasteiger partial charge in [-0.15, -0.1) is 0 Å². The van der Waals surface area contributed by atoms with Gasteiger partial charge in [0.1, 0.15) is 11.8 Å². The van der Waals surface area contributed by atoms with E-state index in [-0.39, 0.29) is 12.5 Å². The minimum Gasteiger partial charge on any atom is -0.495 e. The number of carbonyl (C=O) groups is 2. The van der Waals surface area contributed by atoms with Crippen molar-refractivity contribution >= 4 is 17.6 Å². The van der Waals surface area contributed by atoms with Gasteiger partial charge in [-0.3, -0.25) is 14.9 Å². The molecule has 0 fully saturated rings. The van der Waals surface area contributed by atoms with Crippen molar-refractivity contribution in [1.29, 1.82) is 0 Å². The van der Waals surface area contributed by atoms with E-state index in [4.69, 9.17) is 9.84 Å². The lowest BCUT2D eigenvalue weighted by atomic mass is 10.1. The highest BCUT2D eigenvalue weighted by atomic mass is 16.5. The van der Waals surface area contributed by atoms with Crippen molar-refractivity contribution in [1.82, 2.24) is 5.32 Å². The molecule has 1 rings (SSSR count). The van der Waals surface area contributed by atoms with Crippen LogP contribution in [0.2, 0.25) is 0 Å². The van der Waals surface area contributed by atoms with Crippen molar-refractivity contribution in [2.24, 2.45) is 0 Å². The molecule has 0 aliphatic heterocycles. The summed E-state index contributed by atoms with van der Waals surface area (Å²) >= 11 is 0. The Bertz CT molecular complexity index is 502. The summed E-state index contributed by atoms with van der Waals surface area (Å²) in [5.41, 5.74) is 1.57. The molecule has 0 heterocycles. The number of carboxylic acids is 1. The molecule has 0 aliphatic carbocycles. The van der Waals surface area contributed by atoms with Gasteiger partial charge in [0.25, 0.3) is 0 Å². The van der Waals surface area contributed by atoms with E-state index in [0.29, 0.717) is 17.9 Å². The first-order valence-corrected chi connectivity index (χ1v) is 6.88. The first-order chi connectivity index (χ1) is 9.97. The third-order valence-electron chi connectivity index (χ3n) is 3.01. The number of amides is 1. The molecule has 0 aliphatic rings. The van der Waals surface area contributed by atoms with Crippen LogP contribution in [0.25, 0.3) is 0 Å². The summed E-state index contributed by atoms with van der Waals surface area (Å²) in [7, 11) is 1.53. The number of ether oxygens (including phenoxy) is 1. The van der Waals surface area contributed by atoms with Crippen LogP contribution in [-0.2, 0) is 9.59 Å². The molecular formula is C15H22N2O4. The molecule has 6 heteroatoms. The number of carboxylic acid groups (broad SMARTS) is 1. The third kappa shape index (κ3) is 5.43. The van der Waals surface area contributed by atoms with Gasteiger partial charge >= 0.3 is 5.97 Å². The van der Waals surface area contributed by atoms with Crippen LogP contribution in [0.15, 0.2) is 18.2 Å². The standard InChI is InChI=1S/C15H22N2O4/c1-4-5-11(15(19)20)16-9-14(18)17-12-8-10(2)6-7-13(12)21-3/h6-8,11,16H,4-5,9H2,1-3H3,(H,17,18)(H,19,20). The fourth-order valence-electron chi connectivity index (χ4n) is 1.93. The molecule has 0 aromatic heterocycles. The number of hydrogen-bond acceptors (Lipinski definition) is 4. The van der Waals surface area contributed by atoms with Gasteiger partial charge < -0.3 is 15.2 Å². The van der Waals surface area contributed by atoms with Crippen LogP contribution in [0.3, 0.4) is 0 Å². The lowest BCUT2D eigenvalue weighted by Crippen LogP contribution is -2.41. The zero-order valence-electron chi connectivity index (χ0n) is 12.6. The third-order valence-corrected chi connectivity index (χ3v) is 3.01. The highest BCUT2D eigenvalue weighted by molar-refractivity contribution is 5.94. The van der Waals surface area contributed by atoms with Crippen molar-refractivity contribution in [2.45, 2.75) is 32.7 Å². The predicted molar refractivity (Wildman–Crippen MR) is 80.7 cm³/mol. The van der Waals surface area contributed by atoms with Crippen molar-refractivity contribution in [3.05, 3.63) is 23.8 Å². The van der Waals surface area contributed by atoms with Crippen LogP contribution in [0.1, 0.15) is 25.3 Å². The lowest BCUT2D eigenvalue weighted by molar-refractivity contribution is -0.139. The van der Waals surface area contributed by atoms with E-state index < -0.39 is 12.0 Å². The summed E-state index contributed by atoms with van der Waals surface area (Å²) in [6.07, 6.45) is 1.22. The molecule has 0 spiro atoms. The van der Waals surface area contributed by atoms with Crippen LogP contribution in [0.4, 0.5) is 5.69 Å². The maximum atomic E-state index is 11.9. The summed E-state index contributed by atoms with van der Waals surface area (Å²) in [6.45, 7) is 3.75. The van der Waals surface area contributed by atoms with Crippen LogP contribution in [-0.4, -0.2) is 36.7 Å². The number of carbonyl (C=O) groups excluding carboxylic acids is 1. The number of hydrogen-bond donors (Lipinski definition) is 3. The maximum Gasteiger partial charge on any atom is 0.320 e. The monoisotopic (exact) mass is 294 g/mol. The topological polar surface area (TPSA) is 87.7 Å². The molecule has 1 amide bonds. The SMILES string of the molecule is CCCC(NCC(=O)Nc1cc(C)ccc1OC)C(=O)O. The Hall–Kier alpha value is -2.08. The van der Waals surface area contributed by atoms with Crippen molar-refractivity contribution in [2.75, 3.05) is 19.0 Å². The summed E-state index contributed by atoms with van der Waals surface area (Å²) in [5, 5.41) is 14.5. The largest absolute Gasteiger partial charge is 0.495 e. The Labute approximate surface area is 124 Å². The van der Waals surface area contributed by atoms with Crippen LogP contribution in [0.5, 0.6) is 5.75 Å². The fourth-order valence-corrected chi connectivity index (χ4v) is 1.93. The number of aliphatic carboxylic acids is 1. The molecule has 1 aromatic rings. The number of aryl methyl sites for hydroxylation is 1. The van der Waals surface area contributed by atoms with Gasteiger partial charge in [-0.25, -0.2) is 0 Å². The Balaban J connectivity index is 2.61. The van der Waals surface area contributed by atoms with Crippen molar-refractivity contribution in [3.8, 4) is 5.75 Å². The number of benzene rings is 1. The molecular weight excluding hydrogens is 272 g/mol. The normalized spacial score (nSPS) is 11.8. The van der Waals surface area contributed by atoms with E-state index in [2.05, 4.69) is 10.6 Å². The highest BCUT2D eigenvalue weighted by Gasteiger charge is 2.17. The summed E-state index contributed by atoms with van der Waals surface area (Å²) < 4.78 is 5.17. The Morgan fingerprint density at radius 3 is 2.67 bits per heavy atom. The Kier molecular flexibility index (Phi) is 6.68. The van der Waals surface area contributed by atoms with E-state index in [1.165, 1.54) is 7.11 Å². The fraction of sp³-hybridized carbons (Fsp3) is 0.467. The zero-order chi connectivity index (χ0) is 15.8. The summed E-state index contributed by atoms with van der Waals surface area (Å²) in [5.74, 6) is -0.684. The molecule has 3 N–H and O–H groups in total. The molecule has 0 saturated heterocycles. The highest BCUT2D eigenvalue weighted by Crippen LogP contribution is 2.24. The molecule has 1 unspecified atom stereocenters. The van der Waals surface area contributed by atoms with Gasteiger partial charge in [0, 0.05) is 0 Å². The van der Waals surface area contributed by atoms with Gasteiger partial charge in [0.2, 0.25) is 5.91 Å². The van der Waals surface area contributed by atoms with Crippen LogP contribution < -0.4 is 15.4 Å². The second-order valence-corrected chi connectivity index (χ2v) is 4.81. The van der Waals surface area contributed by atoms with Gasteiger partial charge in [-0.1, -0.05) is 19.4 Å². The second-order valence-electron chi connectivity index (χ2n) is 4.81. The van der Waals surface area contributed by atoms with E-state index in [1.807, 2.05) is 19.9 Å². The first kappa shape index (κ1) is 17.0. The van der Waals surface area contributed by atoms with E-state index in [0.717, 1.165) is 12.0 Å². The molecule has 0 saturated carbocycles. The minimum atomic E-state index is -0.946. The summed E-state index contributed by atoms with van der Waals surface area (Å²) in [6, 6.07) is 4.75. The molecule has 0 bridgehead atoms. The van der Waals surface area contributed by atoms with Crippen molar-refractivity contribution < 1.29 is 19.4 Å². The number of anilines is 1. The Morgan fingerprint density at radius 2 is 2.10 bits per heavy atom. The molecule has 1 atom stereocenters. The first-order valence-electron chi connectivity index (χ1n) is 6.88. The molecule has 6 nitrogen and oxygen atoms in total. The Morgan fingerprint density at radius 1 is 1.38 bits per heavy atom.